The van der Waals surface area contributed by atoms with Gasteiger partial charge in [0.15, 0.2) is 0 Å². The fraction of sp³-hybridized carbons (Fsp3) is 0.385. The Bertz CT molecular complexity index is 465. The first-order valence-electron chi connectivity index (χ1n) is 5.99. The molecular formula is C13H17FN2O3. The third-order valence-electron chi connectivity index (χ3n) is 2.69. The van der Waals surface area contributed by atoms with Gasteiger partial charge in [-0.3, -0.25) is 4.90 Å². The molecule has 2 amide bonds. The van der Waals surface area contributed by atoms with Crippen LogP contribution in [-0.4, -0.2) is 30.2 Å². The third-order valence-corrected chi connectivity index (χ3v) is 2.69. The highest BCUT2D eigenvalue weighted by Crippen LogP contribution is 2.17. The lowest BCUT2D eigenvalue weighted by atomic mass is 10.2. The normalized spacial score (nSPS) is 11.7. The van der Waals surface area contributed by atoms with E-state index >= 15 is 0 Å². The Morgan fingerprint density at radius 2 is 2.05 bits per heavy atom. The number of rotatable bonds is 5. The van der Waals surface area contributed by atoms with Gasteiger partial charge in [-0.05, 0) is 18.6 Å². The van der Waals surface area contributed by atoms with E-state index in [1.54, 1.807) is 6.07 Å². The van der Waals surface area contributed by atoms with E-state index in [2.05, 4.69) is 5.32 Å². The van der Waals surface area contributed by atoms with Crippen molar-refractivity contribution in [3.8, 4) is 0 Å². The van der Waals surface area contributed by atoms with Crippen molar-refractivity contribution in [1.82, 2.24) is 5.32 Å². The van der Waals surface area contributed by atoms with Crippen LogP contribution in [0.1, 0.15) is 19.8 Å². The van der Waals surface area contributed by atoms with Crippen LogP contribution in [0.25, 0.3) is 0 Å². The van der Waals surface area contributed by atoms with E-state index in [9.17, 15) is 14.0 Å². The smallest absolute Gasteiger partial charge is 0.326 e. The number of benzene rings is 1. The summed E-state index contributed by atoms with van der Waals surface area (Å²) < 4.78 is 13.5. The van der Waals surface area contributed by atoms with Crippen LogP contribution in [0.15, 0.2) is 24.3 Å². The Labute approximate surface area is 111 Å². The lowest BCUT2D eigenvalue weighted by Gasteiger charge is -2.21. The molecule has 1 rings (SSSR count). The lowest BCUT2D eigenvalue weighted by Crippen LogP contribution is -2.47. The molecule has 104 valence electrons. The number of carbonyl (C=O) groups excluding carboxylic acids is 1. The van der Waals surface area contributed by atoms with Crippen LogP contribution in [0.5, 0.6) is 0 Å². The number of carboxylic acid groups (broad SMARTS) is 1. The first-order chi connectivity index (χ1) is 8.97. The van der Waals surface area contributed by atoms with E-state index < -0.39 is 23.9 Å². The van der Waals surface area contributed by atoms with Gasteiger partial charge in [-0.1, -0.05) is 25.5 Å². The number of hydrogen-bond donors (Lipinski definition) is 2. The minimum absolute atomic E-state index is 0.0978. The standard InChI is InChI=1S/C13H17FN2O3/c1-3-6-10(12(17)18)15-13(19)16(2)11-8-5-4-7-9(11)14/h4-5,7-8,10H,3,6H2,1-2H3,(H,15,19)(H,17,18). The molecule has 0 saturated carbocycles. The molecule has 0 bridgehead atoms. The number of anilines is 1. The number of halogens is 1. The van der Waals surface area contributed by atoms with E-state index in [1.807, 2.05) is 6.92 Å². The van der Waals surface area contributed by atoms with Gasteiger partial charge in [0, 0.05) is 7.05 Å². The van der Waals surface area contributed by atoms with E-state index in [4.69, 9.17) is 5.11 Å². The summed E-state index contributed by atoms with van der Waals surface area (Å²) in [6.07, 6.45) is 0.951. The largest absolute Gasteiger partial charge is 0.480 e. The van der Waals surface area contributed by atoms with Gasteiger partial charge in [0.1, 0.15) is 11.9 Å². The second kappa shape index (κ2) is 6.72. The van der Waals surface area contributed by atoms with Crippen molar-refractivity contribution in [1.29, 1.82) is 0 Å². The number of aliphatic carboxylic acids is 1. The molecule has 0 aliphatic heterocycles. The summed E-state index contributed by atoms with van der Waals surface area (Å²) in [5, 5.41) is 11.3. The fourth-order valence-corrected chi connectivity index (χ4v) is 1.63. The number of urea groups is 1. The maximum atomic E-state index is 13.5. The maximum absolute atomic E-state index is 13.5. The fourth-order valence-electron chi connectivity index (χ4n) is 1.63. The molecule has 19 heavy (non-hydrogen) atoms. The number of amides is 2. The van der Waals surface area contributed by atoms with Crippen molar-refractivity contribution in [2.75, 3.05) is 11.9 Å². The topological polar surface area (TPSA) is 69.6 Å². The van der Waals surface area contributed by atoms with Crippen LogP contribution >= 0.6 is 0 Å². The monoisotopic (exact) mass is 268 g/mol. The highest BCUT2D eigenvalue weighted by Gasteiger charge is 2.22. The molecule has 0 fully saturated rings. The number of para-hydroxylation sites is 1. The minimum atomic E-state index is -1.10. The van der Waals surface area contributed by atoms with Gasteiger partial charge in [-0.15, -0.1) is 0 Å². The third kappa shape index (κ3) is 3.94. The summed E-state index contributed by atoms with van der Waals surface area (Å²) in [4.78, 5) is 23.9. The van der Waals surface area contributed by atoms with E-state index in [1.165, 1.54) is 25.2 Å². The van der Waals surface area contributed by atoms with E-state index in [0.717, 1.165) is 4.90 Å². The SMILES string of the molecule is CCCC(NC(=O)N(C)c1ccccc1F)C(=O)O. The zero-order valence-electron chi connectivity index (χ0n) is 10.9. The quantitative estimate of drug-likeness (QED) is 0.860. The summed E-state index contributed by atoms with van der Waals surface area (Å²) in [5.41, 5.74) is 0.0978. The highest BCUT2D eigenvalue weighted by molar-refractivity contribution is 5.94. The molecule has 6 heteroatoms. The van der Waals surface area contributed by atoms with Crippen molar-refractivity contribution in [3.05, 3.63) is 30.1 Å². The zero-order valence-corrected chi connectivity index (χ0v) is 10.9. The van der Waals surface area contributed by atoms with E-state index in [0.29, 0.717) is 12.8 Å². The molecule has 0 aliphatic rings. The van der Waals surface area contributed by atoms with Crippen molar-refractivity contribution in [2.45, 2.75) is 25.8 Å². The molecule has 5 nitrogen and oxygen atoms in total. The van der Waals surface area contributed by atoms with Gasteiger partial charge in [0.2, 0.25) is 0 Å². The van der Waals surface area contributed by atoms with Crippen molar-refractivity contribution >= 4 is 17.7 Å². The molecule has 0 spiro atoms. The lowest BCUT2D eigenvalue weighted by molar-refractivity contribution is -0.139. The predicted octanol–water partition coefficient (Wildman–Crippen LogP) is 2.22. The summed E-state index contributed by atoms with van der Waals surface area (Å²) >= 11 is 0. The average Bonchev–Trinajstić information content (AvgIpc) is 2.37. The van der Waals surface area contributed by atoms with Gasteiger partial charge in [0.25, 0.3) is 0 Å². The first kappa shape index (κ1) is 14.9. The van der Waals surface area contributed by atoms with Crippen LogP contribution in [0.2, 0.25) is 0 Å². The van der Waals surface area contributed by atoms with Crippen molar-refractivity contribution < 1.29 is 19.1 Å². The van der Waals surface area contributed by atoms with Crippen LogP contribution in [0, 0.1) is 5.82 Å². The van der Waals surface area contributed by atoms with Crippen LogP contribution in [0.4, 0.5) is 14.9 Å². The second-order valence-electron chi connectivity index (χ2n) is 4.14. The van der Waals surface area contributed by atoms with Crippen LogP contribution < -0.4 is 10.2 Å². The second-order valence-corrected chi connectivity index (χ2v) is 4.14. The molecular weight excluding hydrogens is 251 g/mol. The van der Waals surface area contributed by atoms with Gasteiger partial charge < -0.3 is 10.4 Å². The molecule has 0 aromatic heterocycles. The van der Waals surface area contributed by atoms with Gasteiger partial charge in [-0.2, -0.15) is 0 Å². The molecule has 0 aliphatic carbocycles. The molecule has 1 unspecified atom stereocenters. The van der Waals surface area contributed by atoms with Gasteiger partial charge >= 0.3 is 12.0 Å². The molecule has 1 atom stereocenters. The minimum Gasteiger partial charge on any atom is -0.480 e. The summed E-state index contributed by atoms with van der Waals surface area (Å²) in [7, 11) is 1.39. The average molecular weight is 268 g/mol. The summed E-state index contributed by atoms with van der Waals surface area (Å²) in [5.74, 6) is -1.64. The predicted molar refractivity (Wildman–Crippen MR) is 69.7 cm³/mol. The first-order valence-corrected chi connectivity index (χ1v) is 5.99. The Kier molecular flexibility index (Phi) is 5.29. The summed E-state index contributed by atoms with van der Waals surface area (Å²) in [6, 6.07) is 4.19. The molecule has 1 aromatic rings. The summed E-state index contributed by atoms with van der Waals surface area (Å²) in [6.45, 7) is 1.82. The Morgan fingerprint density at radius 3 is 2.58 bits per heavy atom. The number of carbonyl (C=O) groups is 2. The molecule has 0 saturated heterocycles. The Hall–Kier alpha value is -2.11. The maximum Gasteiger partial charge on any atom is 0.326 e. The Morgan fingerprint density at radius 1 is 1.42 bits per heavy atom. The number of nitrogens with one attached hydrogen (secondary N) is 1. The number of carboxylic acids is 1. The molecule has 0 heterocycles. The van der Waals surface area contributed by atoms with Gasteiger partial charge in [-0.25, -0.2) is 14.0 Å². The van der Waals surface area contributed by atoms with Crippen LogP contribution in [-0.2, 0) is 4.79 Å². The van der Waals surface area contributed by atoms with Gasteiger partial charge in [0.05, 0.1) is 5.69 Å². The van der Waals surface area contributed by atoms with Crippen molar-refractivity contribution in [2.24, 2.45) is 0 Å². The highest BCUT2D eigenvalue weighted by atomic mass is 19.1. The number of nitrogens with zero attached hydrogens (tertiary/aromatic N) is 1. The zero-order chi connectivity index (χ0) is 14.4. The molecule has 2 N–H and O–H groups in total. The number of hydrogen-bond acceptors (Lipinski definition) is 2. The Balaban J connectivity index is 2.77. The van der Waals surface area contributed by atoms with Crippen LogP contribution in [0.3, 0.4) is 0 Å². The molecule has 1 aromatic carbocycles. The molecule has 0 radical (unpaired) electrons. The van der Waals surface area contributed by atoms with Crippen molar-refractivity contribution in [3.63, 3.8) is 0 Å². The van der Waals surface area contributed by atoms with E-state index in [-0.39, 0.29) is 5.69 Å².